The second-order valence-electron chi connectivity index (χ2n) is 10.4. The Bertz CT molecular complexity index is 934. The quantitative estimate of drug-likeness (QED) is 0.363. The lowest BCUT2D eigenvalue weighted by Crippen LogP contribution is -2.13. The molecule has 33 heavy (non-hydrogen) atoms. The SMILES string of the molecule is CCCCc1ccc(C2=CCC(c3ccc(C4CCC(CCC)CC4)cc3)CC2)c(Cl)c1F. The van der Waals surface area contributed by atoms with Gasteiger partial charge in [0.1, 0.15) is 5.82 Å². The van der Waals surface area contributed by atoms with Crippen molar-refractivity contribution in [3.63, 3.8) is 0 Å². The Morgan fingerprint density at radius 3 is 2.15 bits per heavy atom. The van der Waals surface area contributed by atoms with E-state index < -0.39 is 0 Å². The second-order valence-corrected chi connectivity index (χ2v) is 10.8. The van der Waals surface area contributed by atoms with Crippen molar-refractivity contribution in [3.8, 4) is 0 Å². The van der Waals surface area contributed by atoms with Crippen molar-refractivity contribution < 1.29 is 4.39 Å². The fraction of sp³-hybridized carbons (Fsp3) is 0.548. The highest BCUT2D eigenvalue weighted by Gasteiger charge is 2.23. The van der Waals surface area contributed by atoms with Crippen LogP contribution in [0.2, 0.25) is 5.02 Å². The molecule has 0 bridgehead atoms. The van der Waals surface area contributed by atoms with Gasteiger partial charge in [-0.3, -0.25) is 0 Å². The average molecular weight is 467 g/mol. The Labute approximate surface area is 205 Å². The molecule has 0 saturated heterocycles. The summed E-state index contributed by atoms with van der Waals surface area (Å²) >= 11 is 6.47. The van der Waals surface area contributed by atoms with Gasteiger partial charge in [-0.2, -0.15) is 0 Å². The van der Waals surface area contributed by atoms with Crippen molar-refractivity contribution >= 4 is 17.2 Å². The summed E-state index contributed by atoms with van der Waals surface area (Å²) in [5.41, 5.74) is 5.82. The number of halogens is 2. The molecule has 1 saturated carbocycles. The van der Waals surface area contributed by atoms with Gasteiger partial charge in [0, 0.05) is 0 Å². The predicted molar refractivity (Wildman–Crippen MR) is 141 cm³/mol. The zero-order valence-electron chi connectivity index (χ0n) is 20.5. The van der Waals surface area contributed by atoms with Crippen molar-refractivity contribution in [2.75, 3.05) is 0 Å². The van der Waals surface area contributed by atoms with Crippen LogP contribution in [0.4, 0.5) is 4.39 Å². The number of unbranched alkanes of at least 4 members (excludes halogenated alkanes) is 1. The molecule has 2 aromatic carbocycles. The Morgan fingerprint density at radius 1 is 0.848 bits per heavy atom. The minimum atomic E-state index is -0.218. The number of hydrogen-bond acceptors (Lipinski definition) is 0. The van der Waals surface area contributed by atoms with Crippen LogP contribution >= 0.6 is 11.6 Å². The molecule has 0 nitrogen and oxygen atoms in total. The van der Waals surface area contributed by atoms with Gasteiger partial charge in [0.25, 0.3) is 0 Å². The highest BCUT2D eigenvalue weighted by atomic mass is 35.5. The predicted octanol–water partition coefficient (Wildman–Crippen LogP) is 10.2. The molecule has 0 amide bonds. The smallest absolute Gasteiger partial charge is 0.145 e. The molecule has 0 spiro atoms. The number of aryl methyl sites for hydroxylation is 1. The number of rotatable bonds is 8. The van der Waals surface area contributed by atoms with Gasteiger partial charge in [0.2, 0.25) is 0 Å². The molecule has 2 aromatic rings. The van der Waals surface area contributed by atoms with Crippen LogP contribution in [0, 0.1) is 11.7 Å². The third kappa shape index (κ3) is 5.91. The molecule has 0 N–H and O–H groups in total. The van der Waals surface area contributed by atoms with Crippen LogP contribution in [0.3, 0.4) is 0 Å². The highest BCUT2D eigenvalue weighted by Crippen LogP contribution is 2.41. The van der Waals surface area contributed by atoms with Crippen LogP contribution < -0.4 is 0 Å². The Kier molecular flexibility index (Phi) is 8.69. The molecule has 1 unspecified atom stereocenters. The molecule has 2 heteroatoms. The van der Waals surface area contributed by atoms with E-state index in [4.69, 9.17) is 11.6 Å². The molecule has 0 aliphatic heterocycles. The summed E-state index contributed by atoms with van der Waals surface area (Å²) in [5, 5.41) is 0.311. The Hall–Kier alpha value is -1.60. The number of benzene rings is 2. The molecule has 1 atom stereocenters. The summed E-state index contributed by atoms with van der Waals surface area (Å²) in [6, 6.07) is 13.5. The van der Waals surface area contributed by atoms with Crippen LogP contribution in [0.5, 0.6) is 0 Å². The van der Waals surface area contributed by atoms with Crippen LogP contribution in [0.25, 0.3) is 5.57 Å². The molecule has 0 heterocycles. The lowest BCUT2D eigenvalue weighted by Gasteiger charge is -2.29. The molecule has 2 aliphatic carbocycles. The van der Waals surface area contributed by atoms with Gasteiger partial charge in [-0.05, 0) is 103 Å². The fourth-order valence-corrected chi connectivity index (χ4v) is 6.32. The Balaban J connectivity index is 1.37. The van der Waals surface area contributed by atoms with Crippen molar-refractivity contribution in [1.82, 2.24) is 0 Å². The monoisotopic (exact) mass is 466 g/mol. The number of hydrogen-bond donors (Lipinski definition) is 0. The largest absolute Gasteiger partial charge is 0.205 e. The standard InChI is InChI=1S/C31H40ClF/c1-3-5-7-28-20-21-29(30(32)31(28)33)27-18-16-26(17-19-27)25-14-12-24(13-15-25)23-10-8-22(6-4-2)9-11-23/h12-15,18,20-23,26H,3-11,16-17,19H2,1-2H3. The molecular formula is C31H40ClF. The molecule has 4 rings (SSSR count). The minimum absolute atomic E-state index is 0.218. The summed E-state index contributed by atoms with van der Waals surface area (Å²) in [6.07, 6.45) is 16.4. The molecule has 0 aromatic heterocycles. The summed E-state index contributed by atoms with van der Waals surface area (Å²) in [6.45, 7) is 4.44. The molecule has 2 aliphatic rings. The molecule has 178 valence electrons. The summed E-state index contributed by atoms with van der Waals surface area (Å²) in [7, 11) is 0. The lowest BCUT2D eigenvalue weighted by molar-refractivity contribution is 0.308. The van der Waals surface area contributed by atoms with Crippen LogP contribution in [-0.2, 0) is 6.42 Å². The van der Waals surface area contributed by atoms with E-state index in [0.717, 1.165) is 61.5 Å². The first-order chi connectivity index (χ1) is 16.1. The van der Waals surface area contributed by atoms with E-state index in [1.165, 1.54) is 55.2 Å². The fourth-order valence-electron chi connectivity index (χ4n) is 6.01. The third-order valence-corrected chi connectivity index (χ3v) is 8.51. The van der Waals surface area contributed by atoms with Gasteiger partial charge >= 0.3 is 0 Å². The maximum Gasteiger partial charge on any atom is 0.145 e. The summed E-state index contributed by atoms with van der Waals surface area (Å²) < 4.78 is 14.8. The van der Waals surface area contributed by atoms with Crippen molar-refractivity contribution in [2.45, 2.75) is 103 Å². The van der Waals surface area contributed by atoms with Crippen LogP contribution in [0.15, 0.2) is 42.5 Å². The van der Waals surface area contributed by atoms with E-state index in [1.54, 1.807) is 0 Å². The first kappa shape index (κ1) is 24.5. The normalized spacial score (nSPS) is 23.4. The molecule has 0 radical (unpaired) electrons. The van der Waals surface area contributed by atoms with Gasteiger partial charge in [0.15, 0.2) is 0 Å². The van der Waals surface area contributed by atoms with E-state index in [0.29, 0.717) is 10.9 Å². The van der Waals surface area contributed by atoms with E-state index in [1.807, 2.05) is 12.1 Å². The second kappa shape index (κ2) is 11.7. The average Bonchev–Trinajstić information content (AvgIpc) is 2.86. The zero-order valence-corrected chi connectivity index (χ0v) is 21.3. The van der Waals surface area contributed by atoms with Gasteiger partial charge in [-0.1, -0.05) is 87.2 Å². The summed E-state index contributed by atoms with van der Waals surface area (Å²) in [4.78, 5) is 0. The van der Waals surface area contributed by atoms with Gasteiger partial charge < -0.3 is 0 Å². The molecule has 1 fully saturated rings. The number of allylic oxidation sites excluding steroid dienone is 2. The van der Waals surface area contributed by atoms with Crippen molar-refractivity contribution in [1.29, 1.82) is 0 Å². The maximum absolute atomic E-state index is 14.8. The third-order valence-electron chi connectivity index (χ3n) is 8.14. The van der Waals surface area contributed by atoms with E-state index in [2.05, 4.69) is 44.2 Å². The first-order valence-electron chi connectivity index (χ1n) is 13.4. The van der Waals surface area contributed by atoms with Gasteiger partial charge in [-0.25, -0.2) is 4.39 Å². The maximum atomic E-state index is 14.8. The van der Waals surface area contributed by atoms with Gasteiger partial charge in [0.05, 0.1) is 5.02 Å². The van der Waals surface area contributed by atoms with E-state index in [-0.39, 0.29) is 5.82 Å². The Morgan fingerprint density at radius 2 is 1.55 bits per heavy atom. The van der Waals surface area contributed by atoms with E-state index in [9.17, 15) is 4.39 Å². The van der Waals surface area contributed by atoms with Crippen LogP contribution in [0.1, 0.15) is 119 Å². The minimum Gasteiger partial charge on any atom is -0.205 e. The lowest BCUT2D eigenvalue weighted by atomic mass is 9.76. The topological polar surface area (TPSA) is 0 Å². The van der Waals surface area contributed by atoms with Gasteiger partial charge in [-0.15, -0.1) is 0 Å². The summed E-state index contributed by atoms with van der Waals surface area (Å²) in [5.74, 6) is 2.05. The zero-order chi connectivity index (χ0) is 23.2. The van der Waals surface area contributed by atoms with Crippen molar-refractivity contribution in [2.24, 2.45) is 5.92 Å². The molecular weight excluding hydrogens is 427 g/mol. The van der Waals surface area contributed by atoms with E-state index >= 15 is 0 Å². The highest BCUT2D eigenvalue weighted by molar-refractivity contribution is 6.32. The van der Waals surface area contributed by atoms with Crippen LogP contribution in [-0.4, -0.2) is 0 Å². The first-order valence-corrected chi connectivity index (χ1v) is 13.7. The van der Waals surface area contributed by atoms with Crippen molar-refractivity contribution in [3.05, 3.63) is 75.6 Å².